The van der Waals surface area contributed by atoms with Gasteiger partial charge in [0.2, 0.25) is 0 Å². The molecule has 12 heteroatoms. The van der Waals surface area contributed by atoms with Gasteiger partial charge >= 0.3 is 0 Å². The molecule has 0 bridgehead atoms. The van der Waals surface area contributed by atoms with Gasteiger partial charge in [-0.15, -0.1) is 11.8 Å². The van der Waals surface area contributed by atoms with Crippen LogP contribution in [-0.4, -0.2) is 77.2 Å². The van der Waals surface area contributed by atoms with Gasteiger partial charge in [0.05, 0.1) is 29.8 Å². The summed E-state index contributed by atoms with van der Waals surface area (Å²) in [6.07, 6.45) is 4.71. The van der Waals surface area contributed by atoms with Crippen molar-refractivity contribution in [3.05, 3.63) is 6.33 Å². The first-order valence-corrected chi connectivity index (χ1v) is 19.3. The van der Waals surface area contributed by atoms with Gasteiger partial charge in [-0.3, -0.25) is 0 Å². The number of nitrogens with zero attached hydrogens (tertiary/aromatic N) is 4. The van der Waals surface area contributed by atoms with Crippen molar-refractivity contribution >= 4 is 36.9 Å². The Hall–Kier alpha value is -1.28. The van der Waals surface area contributed by atoms with E-state index in [0.717, 1.165) is 42.7 Å². The van der Waals surface area contributed by atoms with Crippen molar-refractivity contribution in [2.45, 2.75) is 146 Å². The second-order valence-corrected chi connectivity index (χ2v) is 20.6. The Kier molecular flexibility index (Phi) is 10.2. The maximum Gasteiger partial charge on any atom is 0.200 e. The normalized spacial score (nSPS) is 28.4. The van der Waals surface area contributed by atoms with Crippen LogP contribution in [0, 0.1) is 5.92 Å². The van der Waals surface area contributed by atoms with Crippen molar-refractivity contribution in [2.75, 3.05) is 24.7 Å². The predicted molar refractivity (Wildman–Crippen MR) is 173 cm³/mol. The highest BCUT2D eigenvalue weighted by Crippen LogP contribution is 2.50. The first kappa shape index (κ1) is 33.1. The van der Waals surface area contributed by atoms with Crippen LogP contribution in [0.5, 0.6) is 0 Å². The van der Waals surface area contributed by atoms with E-state index in [1.807, 2.05) is 4.68 Å². The molecule has 0 spiro atoms. The van der Waals surface area contributed by atoms with Crippen LogP contribution in [0.4, 0.5) is 5.82 Å². The zero-order valence-corrected chi connectivity index (χ0v) is 29.4. The van der Waals surface area contributed by atoms with E-state index in [4.69, 9.17) is 34.2 Å². The molecule has 6 atom stereocenters. The highest BCUT2D eigenvalue weighted by atomic mass is 32.2. The van der Waals surface area contributed by atoms with Gasteiger partial charge in [0.25, 0.3) is 0 Å². The summed E-state index contributed by atoms with van der Waals surface area (Å²) >= 11 is 1.60. The number of nitrogens with two attached hydrogens (primary N) is 1. The molecule has 3 fully saturated rings. The Morgan fingerprint density at radius 3 is 2.47 bits per heavy atom. The van der Waals surface area contributed by atoms with Gasteiger partial charge in [-0.05, 0) is 63.1 Å². The third-order valence-corrected chi connectivity index (χ3v) is 16.9. The molecule has 242 valence electrons. The fraction of sp³-hybridized carbons (Fsp3) is 0.839. The molecule has 2 aromatic heterocycles. The van der Waals surface area contributed by atoms with Gasteiger partial charge < -0.3 is 29.1 Å². The second kappa shape index (κ2) is 13.2. The maximum absolute atomic E-state index is 7.05. The van der Waals surface area contributed by atoms with E-state index in [9.17, 15) is 0 Å². The monoisotopic (exact) mass is 635 g/mol. The lowest BCUT2D eigenvalue weighted by Crippen LogP contribution is -2.49. The van der Waals surface area contributed by atoms with Crippen molar-refractivity contribution in [1.82, 2.24) is 19.7 Å². The number of ether oxygens (including phenoxy) is 4. The number of hydrogen-bond donors (Lipinski definition) is 1. The summed E-state index contributed by atoms with van der Waals surface area (Å²) in [5.74, 6) is 1.30. The SMILES string of the molecule is CC(CSc1nn([C@@H]2O[C@H](CO[Si](C(C)C)(C(C)C)C(C)C)[C@H]3CC(C)(C)O[C@H]32)c2ncnc(N)c12)O[C@H]1CCCCO1. The van der Waals surface area contributed by atoms with Crippen molar-refractivity contribution in [3.8, 4) is 0 Å². The highest BCUT2D eigenvalue weighted by Gasteiger charge is 2.56. The molecule has 2 N–H and O–H groups in total. The van der Waals surface area contributed by atoms with E-state index in [0.29, 0.717) is 40.4 Å². The molecule has 5 rings (SSSR count). The highest BCUT2D eigenvalue weighted by molar-refractivity contribution is 7.99. The van der Waals surface area contributed by atoms with Crippen LogP contribution in [0.3, 0.4) is 0 Å². The van der Waals surface area contributed by atoms with E-state index in [1.54, 1.807) is 11.8 Å². The lowest BCUT2D eigenvalue weighted by atomic mass is 9.91. The third kappa shape index (κ3) is 6.66. The van der Waals surface area contributed by atoms with Crippen LogP contribution in [0.2, 0.25) is 16.6 Å². The van der Waals surface area contributed by atoms with Crippen LogP contribution in [-0.2, 0) is 23.4 Å². The summed E-state index contributed by atoms with van der Waals surface area (Å²) in [4.78, 5) is 8.94. The third-order valence-electron chi connectivity index (χ3n) is 9.59. The Balaban J connectivity index is 1.39. The summed E-state index contributed by atoms with van der Waals surface area (Å²) in [7, 11) is -2.07. The minimum Gasteiger partial charge on any atom is -0.413 e. The minimum absolute atomic E-state index is 0.0148. The Morgan fingerprint density at radius 1 is 1.09 bits per heavy atom. The van der Waals surface area contributed by atoms with E-state index in [2.05, 4.69) is 72.3 Å². The van der Waals surface area contributed by atoms with Crippen LogP contribution in [0.25, 0.3) is 11.0 Å². The van der Waals surface area contributed by atoms with Gasteiger partial charge in [-0.25, -0.2) is 14.6 Å². The van der Waals surface area contributed by atoms with E-state index >= 15 is 0 Å². The number of hydrogen-bond acceptors (Lipinski definition) is 10. The minimum atomic E-state index is -2.07. The Morgan fingerprint density at radius 2 is 1.81 bits per heavy atom. The molecule has 3 saturated heterocycles. The Bertz CT molecular complexity index is 1210. The molecule has 0 aliphatic carbocycles. The average molecular weight is 636 g/mol. The molecule has 10 nitrogen and oxygen atoms in total. The van der Waals surface area contributed by atoms with Crippen LogP contribution in [0.1, 0.15) is 94.2 Å². The van der Waals surface area contributed by atoms with E-state index < -0.39 is 14.5 Å². The summed E-state index contributed by atoms with van der Waals surface area (Å²) in [6.45, 7) is 21.7. The summed E-state index contributed by atoms with van der Waals surface area (Å²) in [5.41, 5.74) is 8.33. The van der Waals surface area contributed by atoms with Gasteiger partial charge in [0.15, 0.2) is 26.5 Å². The van der Waals surface area contributed by atoms with Crippen molar-refractivity contribution in [1.29, 1.82) is 0 Å². The first-order chi connectivity index (χ1) is 20.3. The molecule has 3 aliphatic heterocycles. The molecule has 5 heterocycles. The zero-order valence-electron chi connectivity index (χ0n) is 27.5. The number of thioether (sulfide) groups is 1. The predicted octanol–water partition coefficient (Wildman–Crippen LogP) is 6.71. The lowest BCUT2D eigenvalue weighted by molar-refractivity contribution is -0.179. The van der Waals surface area contributed by atoms with Crippen LogP contribution in [0.15, 0.2) is 11.4 Å². The molecule has 0 radical (unpaired) electrons. The van der Waals surface area contributed by atoms with Gasteiger partial charge in [0.1, 0.15) is 23.3 Å². The molecule has 0 amide bonds. The number of anilines is 1. The lowest BCUT2D eigenvalue weighted by Gasteiger charge is -2.43. The number of aromatic nitrogens is 4. The van der Waals surface area contributed by atoms with E-state index in [-0.39, 0.29) is 36.1 Å². The smallest absolute Gasteiger partial charge is 0.200 e. The van der Waals surface area contributed by atoms with Crippen molar-refractivity contribution in [3.63, 3.8) is 0 Å². The number of nitrogen functional groups attached to an aromatic ring is 1. The van der Waals surface area contributed by atoms with Gasteiger partial charge in [0, 0.05) is 18.3 Å². The van der Waals surface area contributed by atoms with Crippen LogP contribution < -0.4 is 5.73 Å². The number of rotatable bonds is 12. The summed E-state index contributed by atoms with van der Waals surface area (Å²) < 4.78 is 34.4. The standard InChI is InChI=1S/C31H53N5O5SSi/c1-18(2)43(19(3)4,20(5)6)38-15-23-22-14-31(8,9)41-26(22)30(40-23)36-28-25(27(32)33-17-34-28)29(35-36)42-16-21(7)39-24-12-10-11-13-37-24/h17-24,26,30H,10-16H2,1-9H3,(H2,32,33,34)/t21?,22-,23-,24+,26-,30-/m1/s1. The molecule has 0 aromatic carbocycles. The molecule has 2 aromatic rings. The molecule has 0 saturated carbocycles. The zero-order chi connectivity index (χ0) is 31.1. The topological polar surface area (TPSA) is 116 Å². The summed E-state index contributed by atoms with van der Waals surface area (Å²) in [6, 6.07) is 0. The average Bonchev–Trinajstić information content (AvgIpc) is 3.57. The second-order valence-electron chi connectivity index (χ2n) is 14.2. The van der Waals surface area contributed by atoms with Crippen molar-refractivity contribution < 1.29 is 23.4 Å². The first-order valence-electron chi connectivity index (χ1n) is 16.2. The largest absolute Gasteiger partial charge is 0.413 e. The molecule has 43 heavy (non-hydrogen) atoms. The summed E-state index contributed by atoms with van der Waals surface area (Å²) in [5, 5.41) is 6.58. The molecular formula is C31H53N5O5SSi. The Labute approximate surface area is 262 Å². The van der Waals surface area contributed by atoms with Crippen molar-refractivity contribution in [2.24, 2.45) is 5.92 Å². The fourth-order valence-electron chi connectivity index (χ4n) is 7.80. The number of fused-ring (bicyclic) bond motifs is 2. The van der Waals surface area contributed by atoms with Gasteiger partial charge in [-0.1, -0.05) is 41.5 Å². The molecule has 3 aliphatic rings. The van der Waals surface area contributed by atoms with Gasteiger partial charge in [-0.2, -0.15) is 5.10 Å². The maximum atomic E-state index is 7.05. The fourth-order valence-corrected chi connectivity index (χ4v) is 14.2. The van der Waals surface area contributed by atoms with E-state index in [1.165, 1.54) is 6.33 Å². The quantitative estimate of drug-likeness (QED) is 0.199. The van der Waals surface area contributed by atoms with Crippen LogP contribution >= 0.6 is 11.8 Å². The molecular weight excluding hydrogens is 583 g/mol. The molecule has 1 unspecified atom stereocenters.